The lowest BCUT2D eigenvalue weighted by Crippen LogP contribution is -2.44. The Balaban J connectivity index is 2.58. The van der Waals surface area contributed by atoms with Crippen molar-refractivity contribution in [1.29, 1.82) is 0 Å². The third kappa shape index (κ3) is 4.73. The highest BCUT2D eigenvalue weighted by molar-refractivity contribution is 5.22. The van der Waals surface area contributed by atoms with Crippen LogP contribution in [0.15, 0.2) is 24.3 Å². The first-order valence-corrected chi connectivity index (χ1v) is 6.05. The summed E-state index contributed by atoms with van der Waals surface area (Å²) in [5, 5.41) is 3.39. The van der Waals surface area contributed by atoms with Crippen molar-refractivity contribution in [1.82, 2.24) is 5.32 Å². The molecule has 0 amide bonds. The van der Waals surface area contributed by atoms with Crippen LogP contribution >= 0.6 is 0 Å². The second-order valence-electron chi connectivity index (χ2n) is 5.24. The Morgan fingerprint density at radius 1 is 1.35 bits per heavy atom. The Bertz CT molecular complexity index is 346. The predicted octanol–water partition coefficient (Wildman–Crippen LogP) is 3.23. The molecular weight excluding hydrogens is 217 g/mol. The average molecular weight is 239 g/mol. The molecule has 1 unspecified atom stereocenters. The monoisotopic (exact) mass is 239 g/mol. The summed E-state index contributed by atoms with van der Waals surface area (Å²) in [7, 11) is 0. The minimum Gasteiger partial charge on any atom is -0.492 e. The number of hydrogen-bond donors (Lipinski definition) is 1. The van der Waals surface area contributed by atoms with E-state index in [0.717, 1.165) is 6.54 Å². The quantitative estimate of drug-likeness (QED) is 0.851. The van der Waals surface area contributed by atoms with Crippen LogP contribution in [0.2, 0.25) is 0 Å². The van der Waals surface area contributed by atoms with E-state index >= 15 is 0 Å². The van der Waals surface area contributed by atoms with E-state index < -0.39 is 0 Å². The first-order valence-electron chi connectivity index (χ1n) is 6.05. The van der Waals surface area contributed by atoms with Crippen LogP contribution in [0, 0.1) is 11.2 Å². The molecule has 0 saturated heterocycles. The molecule has 1 atom stereocenters. The van der Waals surface area contributed by atoms with Crippen molar-refractivity contribution in [2.45, 2.75) is 33.7 Å². The summed E-state index contributed by atoms with van der Waals surface area (Å²) >= 11 is 0. The number of likely N-dealkylation sites (N-methyl/N-ethyl adjacent to an activating group) is 1. The zero-order valence-electron chi connectivity index (χ0n) is 11.1. The van der Waals surface area contributed by atoms with E-state index in [4.69, 9.17) is 4.74 Å². The number of hydrogen-bond acceptors (Lipinski definition) is 2. The van der Waals surface area contributed by atoms with Gasteiger partial charge in [-0.25, -0.2) is 4.39 Å². The third-order valence-corrected chi connectivity index (χ3v) is 2.71. The summed E-state index contributed by atoms with van der Waals surface area (Å²) in [6, 6.07) is 6.50. The Kier molecular flexibility index (Phi) is 4.94. The lowest BCUT2D eigenvalue weighted by Gasteiger charge is -2.31. The molecule has 0 aliphatic carbocycles. The molecule has 0 spiro atoms. The largest absolute Gasteiger partial charge is 0.492 e. The van der Waals surface area contributed by atoms with Crippen molar-refractivity contribution in [2.75, 3.05) is 13.2 Å². The maximum atomic E-state index is 13.0. The molecule has 0 radical (unpaired) electrons. The highest BCUT2D eigenvalue weighted by atomic mass is 19.1. The van der Waals surface area contributed by atoms with E-state index in [1.165, 1.54) is 12.1 Å². The van der Waals surface area contributed by atoms with Gasteiger partial charge in [0.25, 0.3) is 0 Å². The Hall–Kier alpha value is -1.09. The van der Waals surface area contributed by atoms with Gasteiger partial charge in [0.05, 0.1) is 0 Å². The van der Waals surface area contributed by atoms with Crippen LogP contribution in [0.4, 0.5) is 4.39 Å². The summed E-state index contributed by atoms with van der Waals surface area (Å²) in [5.74, 6) is 0.315. The fraction of sp³-hybridized carbons (Fsp3) is 0.571. The number of nitrogens with one attached hydrogen (secondary N) is 1. The van der Waals surface area contributed by atoms with Gasteiger partial charge in [0, 0.05) is 12.1 Å². The highest BCUT2D eigenvalue weighted by Gasteiger charge is 2.24. The molecule has 1 rings (SSSR count). The van der Waals surface area contributed by atoms with Gasteiger partial charge in [-0.2, -0.15) is 0 Å². The van der Waals surface area contributed by atoms with Crippen LogP contribution in [0.5, 0.6) is 5.75 Å². The maximum Gasteiger partial charge on any atom is 0.126 e. The van der Waals surface area contributed by atoms with Gasteiger partial charge >= 0.3 is 0 Å². The molecule has 1 aromatic carbocycles. The normalized spacial score (nSPS) is 13.5. The molecule has 1 aromatic rings. The lowest BCUT2D eigenvalue weighted by molar-refractivity contribution is 0.175. The van der Waals surface area contributed by atoms with E-state index in [0.29, 0.717) is 12.4 Å². The molecule has 2 nitrogen and oxygen atoms in total. The van der Waals surface area contributed by atoms with Gasteiger partial charge in [0.1, 0.15) is 18.2 Å². The Labute approximate surface area is 103 Å². The number of benzene rings is 1. The molecule has 0 aromatic heterocycles. The van der Waals surface area contributed by atoms with Gasteiger partial charge in [-0.1, -0.05) is 33.8 Å². The number of rotatable bonds is 5. The van der Waals surface area contributed by atoms with Crippen LogP contribution < -0.4 is 10.1 Å². The van der Waals surface area contributed by atoms with Crippen molar-refractivity contribution < 1.29 is 9.13 Å². The second-order valence-corrected chi connectivity index (χ2v) is 5.24. The Morgan fingerprint density at radius 2 is 2.06 bits per heavy atom. The third-order valence-electron chi connectivity index (χ3n) is 2.71. The maximum absolute atomic E-state index is 13.0. The Morgan fingerprint density at radius 3 is 2.59 bits per heavy atom. The topological polar surface area (TPSA) is 21.3 Å². The average Bonchev–Trinajstić information content (AvgIpc) is 2.22. The van der Waals surface area contributed by atoms with Crippen molar-refractivity contribution in [3.8, 4) is 5.75 Å². The van der Waals surface area contributed by atoms with Crippen LogP contribution in [0.1, 0.15) is 27.7 Å². The van der Waals surface area contributed by atoms with E-state index in [2.05, 4.69) is 33.0 Å². The molecule has 3 heteroatoms. The summed E-state index contributed by atoms with van der Waals surface area (Å²) in [5.41, 5.74) is 0.114. The summed E-state index contributed by atoms with van der Waals surface area (Å²) in [6.07, 6.45) is 0. The van der Waals surface area contributed by atoms with Crippen LogP contribution in [-0.2, 0) is 0 Å². The zero-order valence-corrected chi connectivity index (χ0v) is 11.1. The number of ether oxygens (including phenoxy) is 1. The van der Waals surface area contributed by atoms with Gasteiger partial charge < -0.3 is 10.1 Å². The number of halogens is 1. The molecule has 17 heavy (non-hydrogen) atoms. The molecule has 0 saturated carbocycles. The predicted molar refractivity (Wildman–Crippen MR) is 68.8 cm³/mol. The molecule has 96 valence electrons. The van der Waals surface area contributed by atoms with Crippen molar-refractivity contribution in [2.24, 2.45) is 5.41 Å². The first kappa shape index (κ1) is 14.0. The lowest BCUT2D eigenvalue weighted by atomic mass is 9.87. The standard InChI is InChI=1S/C14H22FNO/c1-5-16-13(14(2,3)4)10-17-12-8-6-7-11(15)9-12/h6-9,13,16H,5,10H2,1-4H3. The molecule has 0 bridgehead atoms. The van der Waals surface area contributed by atoms with Gasteiger partial charge in [-0.05, 0) is 24.1 Å². The minimum absolute atomic E-state index is 0.114. The van der Waals surface area contributed by atoms with Crippen LogP contribution in [-0.4, -0.2) is 19.2 Å². The summed E-state index contributed by atoms with van der Waals surface area (Å²) in [6.45, 7) is 10.00. The van der Waals surface area contributed by atoms with E-state index in [1.807, 2.05) is 0 Å². The summed E-state index contributed by atoms with van der Waals surface area (Å²) in [4.78, 5) is 0. The molecule has 0 aliphatic heterocycles. The smallest absolute Gasteiger partial charge is 0.126 e. The van der Waals surface area contributed by atoms with Crippen molar-refractivity contribution in [3.05, 3.63) is 30.1 Å². The van der Waals surface area contributed by atoms with Gasteiger partial charge in [-0.3, -0.25) is 0 Å². The highest BCUT2D eigenvalue weighted by Crippen LogP contribution is 2.21. The van der Waals surface area contributed by atoms with Gasteiger partial charge in [0.15, 0.2) is 0 Å². The molecule has 0 fully saturated rings. The molecule has 0 heterocycles. The zero-order chi connectivity index (χ0) is 12.9. The fourth-order valence-corrected chi connectivity index (χ4v) is 1.60. The van der Waals surface area contributed by atoms with Gasteiger partial charge in [0.2, 0.25) is 0 Å². The van der Waals surface area contributed by atoms with E-state index in [9.17, 15) is 4.39 Å². The fourth-order valence-electron chi connectivity index (χ4n) is 1.60. The van der Waals surface area contributed by atoms with E-state index in [-0.39, 0.29) is 17.3 Å². The minimum atomic E-state index is -0.266. The molecular formula is C14H22FNO. The summed E-state index contributed by atoms with van der Waals surface area (Å²) < 4.78 is 18.6. The van der Waals surface area contributed by atoms with Crippen molar-refractivity contribution in [3.63, 3.8) is 0 Å². The van der Waals surface area contributed by atoms with Crippen LogP contribution in [0.25, 0.3) is 0 Å². The van der Waals surface area contributed by atoms with Crippen molar-refractivity contribution >= 4 is 0 Å². The van der Waals surface area contributed by atoms with Crippen LogP contribution in [0.3, 0.4) is 0 Å². The SMILES string of the molecule is CCNC(COc1cccc(F)c1)C(C)(C)C. The molecule has 0 aliphatic rings. The molecule has 1 N–H and O–H groups in total. The second kappa shape index (κ2) is 6.01. The first-order chi connectivity index (χ1) is 7.93. The van der Waals surface area contributed by atoms with Gasteiger partial charge in [-0.15, -0.1) is 0 Å². The van der Waals surface area contributed by atoms with E-state index in [1.54, 1.807) is 12.1 Å².